The number of carboxylic acid groups (broad SMARTS) is 1. The fourth-order valence-corrected chi connectivity index (χ4v) is 4.68. The van der Waals surface area contributed by atoms with Gasteiger partial charge < -0.3 is 20.6 Å². The predicted octanol–water partition coefficient (Wildman–Crippen LogP) is 4.39. The van der Waals surface area contributed by atoms with Crippen molar-refractivity contribution in [3.8, 4) is 0 Å². The molecule has 182 valence electrons. The molecule has 3 rings (SSSR count). The molecule has 1 fully saturated rings. The Morgan fingerprint density at radius 2 is 1.68 bits per heavy atom. The zero-order valence-electron chi connectivity index (χ0n) is 19.0. The number of rotatable bonds is 10. The van der Waals surface area contributed by atoms with Gasteiger partial charge in [0.1, 0.15) is 11.7 Å². The van der Waals surface area contributed by atoms with E-state index in [1.807, 2.05) is 30.3 Å². The van der Waals surface area contributed by atoms with E-state index < -0.39 is 23.6 Å². The molecular formula is C25H29Cl2N3O4. The van der Waals surface area contributed by atoms with Gasteiger partial charge in [-0.3, -0.25) is 14.4 Å². The van der Waals surface area contributed by atoms with Crippen LogP contribution in [-0.4, -0.2) is 59.2 Å². The topological polar surface area (TPSA) is 104 Å². The van der Waals surface area contributed by atoms with Gasteiger partial charge in [-0.15, -0.1) is 0 Å². The lowest BCUT2D eigenvalue weighted by Gasteiger charge is -2.34. The summed E-state index contributed by atoms with van der Waals surface area (Å²) in [5.74, 6) is -3.40. The molecule has 7 nitrogen and oxygen atoms in total. The summed E-state index contributed by atoms with van der Waals surface area (Å²) in [6.07, 6.45) is 1.52. The number of ketones is 1. The Kier molecular flexibility index (Phi) is 8.94. The molecule has 1 amide bonds. The normalized spacial score (nSPS) is 15.6. The monoisotopic (exact) mass is 505 g/mol. The van der Waals surface area contributed by atoms with Crippen LogP contribution in [0.15, 0.2) is 42.5 Å². The summed E-state index contributed by atoms with van der Waals surface area (Å²) in [7, 11) is 1.67. The Bertz CT molecular complexity index is 1040. The number of likely N-dealkylation sites (N-methyl/N-ethyl adjacent to an activating group) is 1. The third kappa shape index (κ3) is 6.29. The number of carboxylic acids is 1. The Morgan fingerprint density at radius 1 is 1.06 bits per heavy atom. The van der Waals surface area contributed by atoms with Gasteiger partial charge in [-0.05, 0) is 49.2 Å². The maximum absolute atomic E-state index is 13.9. The molecule has 0 aliphatic carbocycles. The van der Waals surface area contributed by atoms with Crippen LogP contribution in [0, 0.1) is 0 Å². The number of benzene rings is 2. The fourth-order valence-electron chi connectivity index (χ4n) is 4.34. The maximum atomic E-state index is 13.9. The highest BCUT2D eigenvalue weighted by Crippen LogP contribution is 2.35. The molecule has 34 heavy (non-hydrogen) atoms. The molecule has 3 N–H and O–H groups in total. The van der Waals surface area contributed by atoms with E-state index >= 15 is 0 Å². The van der Waals surface area contributed by atoms with Crippen molar-refractivity contribution >= 4 is 46.5 Å². The quantitative estimate of drug-likeness (QED) is 0.366. The van der Waals surface area contributed by atoms with Crippen LogP contribution in [0.4, 0.5) is 5.69 Å². The van der Waals surface area contributed by atoms with Crippen molar-refractivity contribution in [3.63, 3.8) is 0 Å². The van der Waals surface area contributed by atoms with Gasteiger partial charge in [0.2, 0.25) is 5.91 Å². The first-order valence-corrected chi connectivity index (χ1v) is 12.0. The lowest BCUT2D eigenvalue weighted by Crippen LogP contribution is -2.42. The molecule has 1 aliphatic heterocycles. The number of nitrogen functional groups attached to an aromatic ring is 1. The number of nitrogens with two attached hydrogens (primary N) is 1. The van der Waals surface area contributed by atoms with Gasteiger partial charge in [0.25, 0.3) is 0 Å². The number of carbonyl (C=O) groups is 3. The van der Waals surface area contributed by atoms with Crippen molar-refractivity contribution in [2.75, 3.05) is 32.4 Å². The first-order valence-electron chi connectivity index (χ1n) is 11.2. The second-order valence-electron chi connectivity index (χ2n) is 8.57. The van der Waals surface area contributed by atoms with Gasteiger partial charge >= 0.3 is 5.97 Å². The highest BCUT2D eigenvalue weighted by atomic mass is 35.5. The molecule has 1 aliphatic rings. The van der Waals surface area contributed by atoms with Gasteiger partial charge in [-0.2, -0.15) is 0 Å². The molecular weight excluding hydrogens is 477 g/mol. The summed E-state index contributed by atoms with van der Waals surface area (Å²) in [6.45, 7) is 2.53. The minimum atomic E-state index is -1.29. The highest BCUT2D eigenvalue weighted by Gasteiger charge is 2.36. The van der Waals surface area contributed by atoms with E-state index in [2.05, 4.69) is 4.90 Å². The number of nitrogens with zero attached hydrogens (tertiary/aromatic N) is 2. The zero-order valence-corrected chi connectivity index (χ0v) is 20.6. The first-order chi connectivity index (χ1) is 16.2. The van der Waals surface area contributed by atoms with Gasteiger partial charge in [0, 0.05) is 25.7 Å². The van der Waals surface area contributed by atoms with Crippen molar-refractivity contribution in [1.29, 1.82) is 0 Å². The minimum Gasteiger partial charge on any atom is -0.481 e. The average molecular weight is 506 g/mol. The molecule has 0 radical (unpaired) electrons. The van der Waals surface area contributed by atoms with E-state index in [1.54, 1.807) is 11.9 Å². The lowest BCUT2D eigenvalue weighted by molar-refractivity contribution is -0.142. The SMILES string of the molecule is CN(C(=O)C(C(=O)CCC(=O)O)c1cc(Cl)c(Cl)cc1N)[C@H](CN1CCCC1)c1ccccc1. The number of anilines is 1. The van der Waals surface area contributed by atoms with E-state index in [1.165, 1.54) is 12.1 Å². The molecule has 2 aromatic rings. The largest absolute Gasteiger partial charge is 0.481 e. The number of hydrogen-bond donors (Lipinski definition) is 2. The molecule has 0 spiro atoms. The summed E-state index contributed by atoms with van der Waals surface area (Å²) in [4.78, 5) is 42.0. The number of hydrogen-bond acceptors (Lipinski definition) is 5. The summed E-state index contributed by atoms with van der Waals surface area (Å²) in [5.41, 5.74) is 7.48. The van der Waals surface area contributed by atoms with Crippen molar-refractivity contribution in [3.05, 3.63) is 63.6 Å². The summed E-state index contributed by atoms with van der Waals surface area (Å²) < 4.78 is 0. The van der Waals surface area contributed by atoms with Crippen LogP contribution in [0.2, 0.25) is 10.0 Å². The van der Waals surface area contributed by atoms with Crippen LogP contribution < -0.4 is 5.73 Å². The van der Waals surface area contributed by atoms with Crippen molar-refractivity contribution in [1.82, 2.24) is 9.80 Å². The van der Waals surface area contributed by atoms with Gasteiger partial charge in [0.15, 0.2) is 0 Å². The predicted molar refractivity (Wildman–Crippen MR) is 133 cm³/mol. The summed E-state index contributed by atoms with van der Waals surface area (Å²) >= 11 is 12.3. The fraction of sp³-hybridized carbons (Fsp3) is 0.400. The number of carbonyl (C=O) groups excluding carboxylic acids is 2. The Balaban J connectivity index is 1.99. The Hall–Kier alpha value is -2.61. The van der Waals surface area contributed by atoms with Crippen LogP contribution in [-0.2, 0) is 14.4 Å². The van der Waals surface area contributed by atoms with Crippen molar-refractivity contribution in [2.45, 2.75) is 37.6 Å². The third-order valence-electron chi connectivity index (χ3n) is 6.22. The molecule has 0 saturated carbocycles. The standard InChI is InChI=1S/C25H29Cl2N3O4/c1-29(21(15-30-11-5-6-12-30)16-7-3-2-4-8-16)25(34)24(22(31)9-10-23(32)33)17-13-18(26)19(27)14-20(17)28/h2-4,7-8,13-14,21,24H,5-6,9-12,15,28H2,1H3,(H,32,33)/t21-,24?/m1/s1. The highest BCUT2D eigenvalue weighted by molar-refractivity contribution is 6.42. The number of amides is 1. The van der Waals surface area contributed by atoms with E-state index in [9.17, 15) is 14.4 Å². The molecule has 1 heterocycles. The molecule has 0 aromatic heterocycles. The second kappa shape index (κ2) is 11.7. The average Bonchev–Trinajstić information content (AvgIpc) is 3.33. The maximum Gasteiger partial charge on any atom is 0.303 e. The zero-order chi connectivity index (χ0) is 24.8. The molecule has 1 saturated heterocycles. The number of Topliss-reactive ketones (excluding diaryl/α,β-unsaturated/α-hetero) is 1. The molecule has 2 atom stereocenters. The van der Waals surface area contributed by atoms with E-state index in [0.717, 1.165) is 31.5 Å². The summed E-state index contributed by atoms with van der Waals surface area (Å²) in [6, 6.07) is 12.2. The smallest absolute Gasteiger partial charge is 0.303 e. The van der Waals surface area contributed by atoms with Crippen molar-refractivity contribution in [2.24, 2.45) is 0 Å². The number of halogens is 2. The molecule has 2 aromatic carbocycles. The van der Waals surface area contributed by atoms with Gasteiger partial charge in [-0.25, -0.2) is 0 Å². The molecule has 0 bridgehead atoms. The van der Waals surface area contributed by atoms with Crippen LogP contribution in [0.3, 0.4) is 0 Å². The number of aliphatic carboxylic acids is 1. The first kappa shape index (κ1) is 26.0. The van der Waals surface area contributed by atoms with Crippen LogP contribution >= 0.6 is 23.2 Å². The molecule has 9 heteroatoms. The second-order valence-corrected chi connectivity index (χ2v) is 9.39. The van der Waals surface area contributed by atoms with E-state index in [4.69, 9.17) is 34.0 Å². The number of likely N-dealkylation sites (tertiary alicyclic amines) is 1. The lowest BCUT2D eigenvalue weighted by atomic mass is 9.88. The van der Waals surface area contributed by atoms with Gasteiger partial charge in [-0.1, -0.05) is 53.5 Å². The van der Waals surface area contributed by atoms with E-state index in [-0.39, 0.29) is 40.2 Å². The van der Waals surface area contributed by atoms with Crippen molar-refractivity contribution < 1.29 is 19.5 Å². The van der Waals surface area contributed by atoms with Crippen LogP contribution in [0.1, 0.15) is 48.8 Å². The van der Waals surface area contributed by atoms with Gasteiger partial charge in [0.05, 0.1) is 22.5 Å². The van der Waals surface area contributed by atoms with Crippen LogP contribution in [0.25, 0.3) is 0 Å². The summed E-state index contributed by atoms with van der Waals surface area (Å²) in [5, 5.41) is 9.44. The molecule has 1 unspecified atom stereocenters. The van der Waals surface area contributed by atoms with Crippen LogP contribution in [0.5, 0.6) is 0 Å². The minimum absolute atomic E-state index is 0.153. The third-order valence-corrected chi connectivity index (χ3v) is 6.94. The Morgan fingerprint density at radius 3 is 2.29 bits per heavy atom. The Labute approximate surface area is 209 Å². The van der Waals surface area contributed by atoms with E-state index in [0.29, 0.717) is 6.54 Å².